The van der Waals surface area contributed by atoms with Crippen LogP contribution in [0.5, 0.6) is 0 Å². The number of carbonyl (C=O) groups excluding carboxylic acids is 1. The lowest BCUT2D eigenvalue weighted by atomic mass is 10.1. The van der Waals surface area contributed by atoms with E-state index in [0.29, 0.717) is 12.8 Å². The highest BCUT2D eigenvalue weighted by Crippen LogP contribution is 2.29. The highest BCUT2D eigenvalue weighted by atomic mass is 32.1. The zero-order valence-corrected chi connectivity index (χ0v) is 18.2. The fraction of sp³-hybridized carbons (Fsp3) is 0.391. The fourth-order valence-corrected chi connectivity index (χ4v) is 4.93. The van der Waals surface area contributed by atoms with Crippen molar-refractivity contribution < 1.29 is 13.7 Å². The van der Waals surface area contributed by atoms with E-state index in [4.69, 9.17) is 4.52 Å². The fourth-order valence-electron chi connectivity index (χ4n) is 3.88. The summed E-state index contributed by atoms with van der Waals surface area (Å²) >= 11 is 1.70. The van der Waals surface area contributed by atoms with Crippen LogP contribution in [-0.4, -0.2) is 47.0 Å². The predicted molar refractivity (Wildman–Crippen MR) is 116 cm³/mol. The summed E-state index contributed by atoms with van der Waals surface area (Å²) in [5.41, 5.74) is 2.84. The monoisotopic (exact) mass is 427 g/mol. The molecule has 0 bridgehead atoms. The first kappa shape index (κ1) is 20.8. The van der Waals surface area contributed by atoms with Crippen LogP contribution in [-0.2, 0) is 17.8 Å². The summed E-state index contributed by atoms with van der Waals surface area (Å²) in [4.78, 5) is 19.3. The zero-order valence-electron chi connectivity index (χ0n) is 17.4. The summed E-state index contributed by atoms with van der Waals surface area (Å²) in [7, 11) is 0. The number of halogens is 1. The van der Waals surface area contributed by atoms with Crippen LogP contribution in [0.4, 0.5) is 4.39 Å². The van der Waals surface area contributed by atoms with Crippen molar-refractivity contribution in [3.8, 4) is 10.4 Å². The summed E-state index contributed by atoms with van der Waals surface area (Å²) in [5, 5.41) is 3.96. The van der Waals surface area contributed by atoms with Crippen LogP contribution in [0, 0.1) is 19.7 Å². The van der Waals surface area contributed by atoms with E-state index >= 15 is 0 Å². The van der Waals surface area contributed by atoms with Gasteiger partial charge in [0.05, 0.1) is 5.69 Å². The Hall–Kier alpha value is -2.51. The predicted octanol–water partition coefficient (Wildman–Crippen LogP) is 4.44. The standard InChI is InChI=1S/C23H26FN3O2S/c1-16-21(17(2)29-25-16)7-9-23(28)27-12-10-26(11-13-27)15-20-6-8-22(30-20)18-4-3-5-19(24)14-18/h3-6,8,14H,7,9-13,15H2,1-2H3. The highest BCUT2D eigenvalue weighted by molar-refractivity contribution is 7.15. The molecule has 4 rings (SSSR count). The van der Waals surface area contributed by atoms with Crippen LogP contribution in [0.15, 0.2) is 40.9 Å². The largest absolute Gasteiger partial charge is 0.361 e. The number of benzene rings is 1. The van der Waals surface area contributed by atoms with Gasteiger partial charge in [0.2, 0.25) is 5.91 Å². The zero-order chi connectivity index (χ0) is 21.1. The lowest BCUT2D eigenvalue weighted by Crippen LogP contribution is -2.48. The summed E-state index contributed by atoms with van der Waals surface area (Å²) in [6.45, 7) is 7.91. The van der Waals surface area contributed by atoms with E-state index in [1.165, 1.54) is 10.9 Å². The number of piperazine rings is 1. The van der Waals surface area contributed by atoms with Gasteiger partial charge < -0.3 is 9.42 Å². The van der Waals surface area contributed by atoms with Crippen LogP contribution in [0.2, 0.25) is 0 Å². The third-order valence-corrected chi connectivity index (χ3v) is 6.76. The molecule has 7 heteroatoms. The molecule has 1 fully saturated rings. The molecule has 3 heterocycles. The van der Waals surface area contributed by atoms with E-state index in [-0.39, 0.29) is 11.7 Å². The van der Waals surface area contributed by atoms with Crippen molar-refractivity contribution in [2.45, 2.75) is 33.2 Å². The lowest BCUT2D eigenvalue weighted by molar-refractivity contribution is -0.132. The first-order chi connectivity index (χ1) is 14.5. The maximum atomic E-state index is 13.5. The SMILES string of the molecule is Cc1noc(C)c1CCC(=O)N1CCN(Cc2ccc(-c3cccc(F)c3)s2)CC1. The van der Waals surface area contributed by atoms with Gasteiger partial charge >= 0.3 is 0 Å². The molecular formula is C23H26FN3O2S. The molecule has 0 aliphatic carbocycles. The first-order valence-electron chi connectivity index (χ1n) is 10.3. The molecule has 0 saturated carbocycles. The number of thiophene rings is 1. The summed E-state index contributed by atoms with van der Waals surface area (Å²) in [6.07, 6.45) is 1.17. The second kappa shape index (κ2) is 9.10. The Balaban J connectivity index is 1.26. The molecule has 0 spiro atoms. The molecule has 0 N–H and O–H groups in total. The number of rotatable bonds is 6. The van der Waals surface area contributed by atoms with E-state index in [9.17, 15) is 9.18 Å². The number of aryl methyl sites for hydroxylation is 2. The third kappa shape index (κ3) is 4.79. The van der Waals surface area contributed by atoms with E-state index in [1.807, 2.05) is 24.8 Å². The average Bonchev–Trinajstić information content (AvgIpc) is 3.33. The summed E-state index contributed by atoms with van der Waals surface area (Å²) in [6, 6.07) is 10.9. The Morgan fingerprint density at radius 1 is 1.17 bits per heavy atom. The Morgan fingerprint density at radius 3 is 2.67 bits per heavy atom. The first-order valence-corrected chi connectivity index (χ1v) is 11.1. The van der Waals surface area contributed by atoms with Crippen molar-refractivity contribution in [1.29, 1.82) is 0 Å². The minimum atomic E-state index is -0.211. The van der Waals surface area contributed by atoms with Gasteiger partial charge in [0.25, 0.3) is 0 Å². The summed E-state index contributed by atoms with van der Waals surface area (Å²) < 4.78 is 18.6. The molecule has 1 amide bonds. The van der Waals surface area contributed by atoms with Crippen molar-refractivity contribution in [2.24, 2.45) is 0 Å². The molecule has 1 saturated heterocycles. The van der Waals surface area contributed by atoms with Gasteiger partial charge in [-0.05, 0) is 50.1 Å². The highest BCUT2D eigenvalue weighted by Gasteiger charge is 2.22. The van der Waals surface area contributed by atoms with Gasteiger partial charge in [0.1, 0.15) is 11.6 Å². The van der Waals surface area contributed by atoms with Gasteiger partial charge in [-0.15, -0.1) is 11.3 Å². The van der Waals surface area contributed by atoms with Gasteiger partial charge in [0.15, 0.2) is 0 Å². The molecule has 0 radical (unpaired) electrons. The van der Waals surface area contributed by atoms with Crippen molar-refractivity contribution in [2.75, 3.05) is 26.2 Å². The Kier molecular flexibility index (Phi) is 6.29. The second-order valence-corrected chi connectivity index (χ2v) is 8.90. The molecule has 1 aliphatic heterocycles. The molecule has 3 aromatic rings. The number of carbonyl (C=O) groups is 1. The second-order valence-electron chi connectivity index (χ2n) is 7.74. The van der Waals surface area contributed by atoms with Crippen LogP contribution in [0.1, 0.15) is 28.3 Å². The van der Waals surface area contributed by atoms with Gasteiger partial charge in [-0.25, -0.2) is 4.39 Å². The van der Waals surface area contributed by atoms with Crippen molar-refractivity contribution in [3.63, 3.8) is 0 Å². The number of hydrogen-bond acceptors (Lipinski definition) is 5. The molecule has 0 atom stereocenters. The van der Waals surface area contributed by atoms with E-state index < -0.39 is 0 Å². The van der Waals surface area contributed by atoms with Crippen LogP contribution < -0.4 is 0 Å². The quantitative estimate of drug-likeness (QED) is 0.584. The van der Waals surface area contributed by atoms with E-state index in [2.05, 4.69) is 22.2 Å². The van der Waals surface area contributed by atoms with Crippen LogP contribution in [0.25, 0.3) is 10.4 Å². The molecule has 5 nitrogen and oxygen atoms in total. The Labute approximate surface area is 180 Å². The van der Waals surface area contributed by atoms with Crippen molar-refractivity contribution in [1.82, 2.24) is 15.0 Å². The van der Waals surface area contributed by atoms with Crippen molar-refractivity contribution >= 4 is 17.2 Å². The third-order valence-electron chi connectivity index (χ3n) is 5.65. The van der Waals surface area contributed by atoms with E-state index in [0.717, 1.165) is 60.2 Å². The van der Waals surface area contributed by atoms with Gasteiger partial charge in [-0.1, -0.05) is 17.3 Å². The number of aromatic nitrogens is 1. The minimum absolute atomic E-state index is 0.194. The smallest absolute Gasteiger partial charge is 0.222 e. The Bertz CT molecular complexity index is 1000. The topological polar surface area (TPSA) is 49.6 Å². The van der Waals surface area contributed by atoms with Gasteiger partial charge in [0, 0.05) is 54.5 Å². The number of hydrogen-bond donors (Lipinski definition) is 0. The molecule has 0 unspecified atom stereocenters. The lowest BCUT2D eigenvalue weighted by Gasteiger charge is -2.34. The van der Waals surface area contributed by atoms with Crippen LogP contribution >= 0.6 is 11.3 Å². The normalized spacial score (nSPS) is 15.0. The van der Waals surface area contributed by atoms with Crippen LogP contribution in [0.3, 0.4) is 0 Å². The van der Waals surface area contributed by atoms with Gasteiger partial charge in [-0.2, -0.15) is 0 Å². The number of amides is 1. The molecule has 30 heavy (non-hydrogen) atoms. The average molecular weight is 428 g/mol. The Morgan fingerprint density at radius 2 is 1.97 bits per heavy atom. The minimum Gasteiger partial charge on any atom is -0.361 e. The molecule has 158 valence electrons. The summed E-state index contributed by atoms with van der Waals surface area (Å²) in [5.74, 6) is 0.787. The molecule has 2 aromatic heterocycles. The molecule has 1 aliphatic rings. The van der Waals surface area contributed by atoms with Gasteiger partial charge in [-0.3, -0.25) is 9.69 Å². The maximum Gasteiger partial charge on any atom is 0.222 e. The molecular weight excluding hydrogens is 401 g/mol. The maximum absolute atomic E-state index is 13.5. The van der Waals surface area contributed by atoms with E-state index in [1.54, 1.807) is 23.5 Å². The van der Waals surface area contributed by atoms with Crippen molar-refractivity contribution in [3.05, 3.63) is 64.1 Å². The number of nitrogens with zero attached hydrogens (tertiary/aromatic N) is 3. The molecule has 1 aromatic carbocycles.